The Morgan fingerprint density at radius 3 is 2.69 bits per heavy atom. The summed E-state index contributed by atoms with van der Waals surface area (Å²) < 4.78 is 0. The second kappa shape index (κ2) is 4.75. The number of hydrogen-bond acceptors (Lipinski definition) is 0. The SMILES string of the molecule is Cl.c1ccc(C2CCc3cc[nH]c3C2)cc1. The highest BCUT2D eigenvalue weighted by atomic mass is 35.5. The van der Waals surface area contributed by atoms with Crippen molar-refractivity contribution in [3.63, 3.8) is 0 Å². The van der Waals surface area contributed by atoms with Crippen LogP contribution in [0.2, 0.25) is 0 Å². The fourth-order valence-corrected chi connectivity index (χ4v) is 2.55. The third kappa shape index (κ3) is 2.00. The topological polar surface area (TPSA) is 15.8 Å². The summed E-state index contributed by atoms with van der Waals surface area (Å²) in [4.78, 5) is 3.36. The van der Waals surface area contributed by atoms with Gasteiger partial charge in [-0.3, -0.25) is 0 Å². The van der Waals surface area contributed by atoms with Crippen molar-refractivity contribution in [2.45, 2.75) is 25.2 Å². The molecule has 0 saturated heterocycles. The fraction of sp³-hybridized carbons (Fsp3) is 0.286. The van der Waals surface area contributed by atoms with Crippen molar-refractivity contribution in [1.29, 1.82) is 0 Å². The monoisotopic (exact) mass is 233 g/mol. The molecule has 2 aromatic rings. The summed E-state index contributed by atoms with van der Waals surface area (Å²) >= 11 is 0. The van der Waals surface area contributed by atoms with E-state index in [1.54, 1.807) is 0 Å². The Balaban J connectivity index is 0.000000963. The molecule has 1 aromatic heterocycles. The van der Waals surface area contributed by atoms with E-state index in [4.69, 9.17) is 0 Å². The smallest absolute Gasteiger partial charge is 0.0185 e. The molecule has 1 aromatic carbocycles. The van der Waals surface area contributed by atoms with Gasteiger partial charge in [-0.2, -0.15) is 0 Å². The van der Waals surface area contributed by atoms with E-state index in [-0.39, 0.29) is 12.4 Å². The van der Waals surface area contributed by atoms with Crippen LogP contribution in [0, 0.1) is 0 Å². The van der Waals surface area contributed by atoms with Crippen LogP contribution in [0.3, 0.4) is 0 Å². The number of H-pyrrole nitrogens is 1. The predicted molar refractivity (Wildman–Crippen MR) is 69.2 cm³/mol. The zero-order valence-corrected chi connectivity index (χ0v) is 9.96. The van der Waals surface area contributed by atoms with Crippen LogP contribution in [0.15, 0.2) is 42.6 Å². The summed E-state index contributed by atoms with van der Waals surface area (Å²) in [7, 11) is 0. The molecule has 16 heavy (non-hydrogen) atoms. The van der Waals surface area contributed by atoms with Crippen molar-refractivity contribution in [3.8, 4) is 0 Å². The second-order valence-electron chi connectivity index (χ2n) is 4.33. The van der Waals surface area contributed by atoms with Gasteiger partial charge in [0.15, 0.2) is 0 Å². The highest BCUT2D eigenvalue weighted by molar-refractivity contribution is 5.85. The van der Waals surface area contributed by atoms with Crippen LogP contribution in [0.25, 0.3) is 0 Å². The zero-order chi connectivity index (χ0) is 10.1. The van der Waals surface area contributed by atoms with E-state index in [0.717, 1.165) is 0 Å². The number of benzene rings is 1. The summed E-state index contributed by atoms with van der Waals surface area (Å²) in [6.07, 6.45) is 5.75. The lowest BCUT2D eigenvalue weighted by Gasteiger charge is -2.22. The van der Waals surface area contributed by atoms with Crippen LogP contribution in [0.5, 0.6) is 0 Å². The van der Waals surface area contributed by atoms with Crippen LogP contribution >= 0.6 is 12.4 Å². The first-order valence-electron chi connectivity index (χ1n) is 5.63. The minimum Gasteiger partial charge on any atom is -0.365 e. The van der Waals surface area contributed by atoms with E-state index < -0.39 is 0 Å². The van der Waals surface area contributed by atoms with Crippen LogP contribution in [0.4, 0.5) is 0 Å². The molecule has 0 saturated carbocycles. The first-order chi connectivity index (χ1) is 7.43. The Morgan fingerprint density at radius 1 is 1.06 bits per heavy atom. The van der Waals surface area contributed by atoms with Gasteiger partial charge in [0.1, 0.15) is 0 Å². The van der Waals surface area contributed by atoms with Gasteiger partial charge >= 0.3 is 0 Å². The van der Waals surface area contributed by atoms with Gasteiger partial charge in [-0.25, -0.2) is 0 Å². The largest absolute Gasteiger partial charge is 0.365 e. The van der Waals surface area contributed by atoms with Gasteiger partial charge in [0, 0.05) is 11.9 Å². The maximum Gasteiger partial charge on any atom is 0.0185 e. The first-order valence-corrected chi connectivity index (χ1v) is 5.63. The number of rotatable bonds is 1. The van der Waals surface area contributed by atoms with Crippen LogP contribution in [0.1, 0.15) is 29.2 Å². The average molecular weight is 234 g/mol. The lowest BCUT2D eigenvalue weighted by atomic mass is 9.83. The number of aromatic amines is 1. The van der Waals surface area contributed by atoms with Crippen LogP contribution in [-0.4, -0.2) is 4.98 Å². The van der Waals surface area contributed by atoms with Gasteiger partial charge in [-0.05, 0) is 42.4 Å². The highest BCUT2D eigenvalue weighted by Crippen LogP contribution is 2.31. The standard InChI is InChI=1S/C14H15N.ClH/c1-2-4-11(5-3-1)13-7-6-12-8-9-15-14(12)10-13;/h1-5,8-9,13,15H,6-7,10H2;1H. The Labute approximate surface area is 102 Å². The number of hydrogen-bond donors (Lipinski definition) is 1. The van der Waals surface area contributed by atoms with Crippen molar-refractivity contribution < 1.29 is 0 Å². The van der Waals surface area contributed by atoms with Crippen molar-refractivity contribution >= 4 is 12.4 Å². The van der Waals surface area contributed by atoms with Crippen LogP contribution < -0.4 is 0 Å². The normalized spacial score (nSPS) is 18.6. The van der Waals surface area contributed by atoms with Gasteiger partial charge in [-0.15, -0.1) is 12.4 Å². The van der Waals surface area contributed by atoms with E-state index in [0.29, 0.717) is 5.92 Å². The average Bonchev–Trinajstić information content (AvgIpc) is 2.77. The first kappa shape index (κ1) is 11.3. The highest BCUT2D eigenvalue weighted by Gasteiger charge is 2.20. The van der Waals surface area contributed by atoms with Gasteiger partial charge < -0.3 is 4.98 Å². The maximum atomic E-state index is 3.36. The molecule has 1 aliphatic rings. The maximum absolute atomic E-state index is 3.36. The molecule has 0 aliphatic heterocycles. The second-order valence-corrected chi connectivity index (χ2v) is 4.33. The molecule has 1 aliphatic carbocycles. The van der Waals surface area contributed by atoms with E-state index in [2.05, 4.69) is 47.6 Å². The van der Waals surface area contributed by atoms with E-state index >= 15 is 0 Å². The van der Waals surface area contributed by atoms with Gasteiger partial charge in [-0.1, -0.05) is 30.3 Å². The summed E-state index contributed by atoms with van der Waals surface area (Å²) in [6.45, 7) is 0. The molecule has 0 amide bonds. The molecule has 1 unspecified atom stereocenters. The number of aromatic nitrogens is 1. The number of halogens is 1. The third-order valence-corrected chi connectivity index (χ3v) is 3.41. The van der Waals surface area contributed by atoms with Crippen molar-refractivity contribution in [3.05, 3.63) is 59.4 Å². The molecule has 2 heteroatoms. The summed E-state index contributed by atoms with van der Waals surface area (Å²) in [5.74, 6) is 0.706. The molecule has 84 valence electrons. The van der Waals surface area contributed by atoms with Gasteiger partial charge in [0.05, 0.1) is 0 Å². The predicted octanol–water partition coefficient (Wildman–Crippen LogP) is 3.71. The molecule has 0 radical (unpaired) electrons. The quantitative estimate of drug-likeness (QED) is 0.773. The molecule has 0 fully saturated rings. The van der Waals surface area contributed by atoms with E-state index in [9.17, 15) is 0 Å². The molecule has 1 heterocycles. The van der Waals surface area contributed by atoms with Crippen molar-refractivity contribution in [2.24, 2.45) is 0 Å². The molecule has 3 rings (SSSR count). The van der Waals surface area contributed by atoms with Gasteiger partial charge in [0.25, 0.3) is 0 Å². The molecular weight excluding hydrogens is 218 g/mol. The Kier molecular flexibility index (Phi) is 3.35. The van der Waals surface area contributed by atoms with Gasteiger partial charge in [0.2, 0.25) is 0 Å². The molecular formula is C14H16ClN. The molecule has 1 atom stereocenters. The zero-order valence-electron chi connectivity index (χ0n) is 9.15. The van der Waals surface area contributed by atoms with Crippen LogP contribution in [-0.2, 0) is 12.8 Å². The number of fused-ring (bicyclic) bond motifs is 1. The lowest BCUT2D eigenvalue weighted by molar-refractivity contribution is 0.578. The molecule has 1 nitrogen and oxygen atoms in total. The molecule has 1 N–H and O–H groups in total. The minimum atomic E-state index is 0. The fourth-order valence-electron chi connectivity index (χ4n) is 2.55. The summed E-state index contributed by atoms with van der Waals surface area (Å²) in [6, 6.07) is 13.1. The van der Waals surface area contributed by atoms with Crippen molar-refractivity contribution in [1.82, 2.24) is 4.98 Å². The van der Waals surface area contributed by atoms with E-state index in [1.165, 1.54) is 36.1 Å². The number of aryl methyl sites for hydroxylation is 1. The Hall–Kier alpha value is -1.21. The molecule has 0 bridgehead atoms. The summed E-state index contributed by atoms with van der Waals surface area (Å²) in [5.41, 5.74) is 4.44. The summed E-state index contributed by atoms with van der Waals surface area (Å²) in [5, 5.41) is 0. The third-order valence-electron chi connectivity index (χ3n) is 3.41. The van der Waals surface area contributed by atoms with E-state index in [1.807, 2.05) is 0 Å². The molecule has 0 spiro atoms. The van der Waals surface area contributed by atoms with Crippen molar-refractivity contribution in [2.75, 3.05) is 0 Å². The lowest BCUT2D eigenvalue weighted by Crippen LogP contribution is -2.11. The Morgan fingerprint density at radius 2 is 1.88 bits per heavy atom. The minimum absolute atomic E-state index is 0. The number of nitrogens with one attached hydrogen (secondary N) is 1. The Bertz CT molecular complexity index is 447.